The molecule has 4 aromatic rings. The van der Waals surface area contributed by atoms with Crippen molar-refractivity contribution in [3.8, 4) is 0 Å². The van der Waals surface area contributed by atoms with Crippen molar-refractivity contribution in [2.45, 2.75) is 24.8 Å². The maximum atomic E-state index is 12.3. The molecule has 8 heteroatoms. The molecule has 4 rings (SSSR count). The molecule has 0 aromatic carbocycles. The molecule has 0 aliphatic carbocycles. The van der Waals surface area contributed by atoms with Crippen LogP contribution in [0.15, 0.2) is 33.7 Å². The SMILES string of the molecule is Cc1cc(C)n2cc(CSc3nc4sccc4c(=O)n3C)nc2n1. The standard InChI is InChI=1S/C16H15N5OS2/c1-9-6-10(2)21-7-11(18-15(21)17-9)8-24-16-19-13-12(4-5-23-13)14(22)20(16)3/h4-7H,8H2,1-3H3. The summed E-state index contributed by atoms with van der Waals surface area (Å²) in [6.45, 7) is 4.00. The minimum Gasteiger partial charge on any atom is -0.290 e. The summed E-state index contributed by atoms with van der Waals surface area (Å²) in [6, 6.07) is 3.85. The van der Waals surface area contributed by atoms with E-state index < -0.39 is 0 Å². The van der Waals surface area contributed by atoms with Gasteiger partial charge in [0.25, 0.3) is 5.56 Å². The molecule has 0 N–H and O–H groups in total. The summed E-state index contributed by atoms with van der Waals surface area (Å²) < 4.78 is 3.58. The van der Waals surface area contributed by atoms with Crippen molar-refractivity contribution in [3.63, 3.8) is 0 Å². The fourth-order valence-electron chi connectivity index (χ4n) is 2.64. The predicted octanol–water partition coefficient (Wildman–Crippen LogP) is 2.95. The maximum absolute atomic E-state index is 12.3. The molecule has 0 aliphatic heterocycles. The molecule has 0 fully saturated rings. The van der Waals surface area contributed by atoms with E-state index in [1.807, 2.05) is 42.0 Å². The summed E-state index contributed by atoms with van der Waals surface area (Å²) >= 11 is 3.00. The number of fused-ring (bicyclic) bond motifs is 2. The summed E-state index contributed by atoms with van der Waals surface area (Å²) in [5.41, 5.74) is 2.97. The number of thiophene rings is 1. The summed E-state index contributed by atoms with van der Waals surface area (Å²) in [5.74, 6) is 1.34. The van der Waals surface area contributed by atoms with E-state index in [9.17, 15) is 4.79 Å². The second-order valence-corrected chi connectivity index (χ2v) is 7.46. The van der Waals surface area contributed by atoms with Gasteiger partial charge in [0.05, 0.1) is 11.1 Å². The highest BCUT2D eigenvalue weighted by atomic mass is 32.2. The van der Waals surface area contributed by atoms with Gasteiger partial charge in [-0.3, -0.25) is 13.8 Å². The third kappa shape index (κ3) is 2.51. The lowest BCUT2D eigenvalue weighted by molar-refractivity contribution is 0.728. The van der Waals surface area contributed by atoms with Crippen LogP contribution < -0.4 is 5.56 Å². The first-order chi connectivity index (χ1) is 11.5. The van der Waals surface area contributed by atoms with Crippen LogP contribution in [0, 0.1) is 13.8 Å². The fourth-order valence-corrected chi connectivity index (χ4v) is 4.30. The number of hydrogen-bond donors (Lipinski definition) is 0. The predicted molar refractivity (Wildman–Crippen MR) is 96.9 cm³/mol. The molecule has 24 heavy (non-hydrogen) atoms. The molecule has 4 heterocycles. The van der Waals surface area contributed by atoms with Crippen LogP contribution in [-0.4, -0.2) is 23.9 Å². The van der Waals surface area contributed by atoms with Gasteiger partial charge in [0.2, 0.25) is 5.78 Å². The van der Waals surface area contributed by atoms with E-state index in [0.29, 0.717) is 22.1 Å². The Morgan fingerprint density at radius 1 is 1.25 bits per heavy atom. The van der Waals surface area contributed by atoms with E-state index in [2.05, 4.69) is 15.0 Å². The van der Waals surface area contributed by atoms with Crippen molar-refractivity contribution in [2.75, 3.05) is 0 Å². The molecule has 0 bridgehead atoms. The van der Waals surface area contributed by atoms with Gasteiger partial charge in [-0.25, -0.2) is 15.0 Å². The summed E-state index contributed by atoms with van der Waals surface area (Å²) in [7, 11) is 1.76. The van der Waals surface area contributed by atoms with Crippen LogP contribution in [0.2, 0.25) is 0 Å². The summed E-state index contributed by atoms with van der Waals surface area (Å²) in [6.07, 6.45) is 1.99. The van der Waals surface area contributed by atoms with Crippen molar-refractivity contribution in [2.24, 2.45) is 7.05 Å². The van der Waals surface area contributed by atoms with Crippen LogP contribution >= 0.6 is 23.1 Å². The normalized spacial score (nSPS) is 11.6. The van der Waals surface area contributed by atoms with Crippen molar-refractivity contribution < 1.29 is 0 Å². The third-order valence-electron chi connectivity index (χ3n) is 3.82. The van der Waals surface area contributed by atoms with E-state index in [1.165, 1.54) is 23.1 Å². The van der Waals surface area contributed by atoms with Gasteiger partial charge < -0.3 is 0 Å². The van der Waals surface area contributed by atoms with Crippen LogP contribution in [0.25, 0.3) is 16.0 Å². The molecule has 0 spiro atoms. The van der Waals surface area contributed by atoms with Crippen LogP contribution in [0.5, 0.6) is 0 Å². The molecule has 0 saturated heterocycles. The summed E-state index contributed by atoms with van der Waals surface area (Å²) in [4.78, 5) is 26.7. The first-order valence-electron chi connectivity index (χ1n) is 7.42. The van der Waals surface area contributed by atoms with Gasteiger partial charge in [0.15, 0.2) is 5.16 Å². The molecule has 0 unspecified atom stereocenters. The molecule has 4 aromatic heterocycles. The van der Waals surface area contributed by atoms with Crippen molar-refractivity contribution in [1.82, 2.24) is 23.9 Å². The minimum atomic E-state index is -0.00751. The number of rotatable bonds is 3. The number of aromatic nitrogens is 5. The fraction of sp³-hybridized carbons (Fsp3) is 0.250. The molecule has 0 radical (unpaired) electrons. The summed E-state index contributed by atoms with van der Waals surface area (Å²) in [5, 5.41) is 3.27. The minimum absolute atomic E-state index is 0.00751. The first-order valence-corrected chi connectivity index (χ1v) is 9.29. The average molecular weight is 357 g/mol. The highest BCUT2D eigenvalue weighted by Gasteiger charge is 2.11. The molecule has 6 nitrogen and oxygen atoms in total. The number of thioether (sulfide) groups is 1. The maximum Gasteiger partial charge on any atom is 0.262 e. The van der Waals surface area contributed by atoms with Gasteiger partial charge in [-0.05, 0) is 31.4 Å². The van der Waals surface area contributed by atoms with E-state index in [1.54, 1.807) is 11.6 Å². The zero-order chi connectivity index (χ0) is 16.8. The van der Waals surface area contributed by atoms with Crippen LogP contribution in [-0.2, 0) is 12.8 Å². The zero-order valence-electron chi connectivity index (χ0n) is 13.5. The topological polar surface area (TPSA) is 65.1 Å². The number of hydrogen-bond acceptors (Lipinski definition) is 6. The van der Waals surface area contributed by atoms with Gasteiger partial charge in [-0.2, -0.15) is 0 Å². The van der Waals surface area contributed by atoms with Crippen molar-refractivity contribution in [3.05, 3.63) is 51.1 Å². The number of imidazole rings is 1. The largest absolute Gasteiger partial charge is 0.290 e. The van der Waals surface area contributed by atoms with Crippen LogP contribution in [0.1, 0.15) is 17.1 Å². The van der Waals surface area contributed by atoms with Crippen molar-refractivity contribution in [1.29, 1.82) is 0 Å². The molecule has 0 amide bonds. The van der Waals surface area contributed by atoms with Crippen molar-refractivity contribution >= 4 is 39.1 Å². The van der Waals surface area contributed by atoms with Gasteiger partial charge in [0.1, 0.15) is 4.83 Å². The highest BCUT2D eigenvalue weighted by Crippen LogP contribution is 2.23. The Labute approximate surface area is 146 Å². The lowest BCUT2D eigenvalue weighted by atomic mass is 10.3. The Morgan fingerprint density at radius 2 is 2.08 bits per heavy atom. The average Bonchev–Trinajstić information content (AvgIpc) is 3.15. The van der Waals surface area contributed by atoms with Gasteiger partial charge in [-0.1, -0.05) is 11.8 Å². The van der Waals surface area contributed by atoms with Gasteiger partial charge >= 0.3 is 0 Å². The second-order valence-electron chi connectivity index (χ2n) is 5.63. The second kappa shape index (κ2) is 5.71. The number of aryl methyl sites for hydroxylation is 2. The molecule has 0 aliphatic rings. The zero-order valence-corrected chi connectivity index (χ0v) is 15.1. The third-order valence-corrected chi connectivity index (χ3v) is 5.69. The van der Waals surface area contributed by atoms with Gasteiger partial charge in [-0.15, -0.1) is 11.3 Å². The van der Waals surface area contributed by atoms with E-state index in [0.717, 1.165) is 21.9 Å². The number of nitrogens with zero attached hydrogens (tertiary/aromatic N) is 5. The highest BCUT2D eigenvalue weighted by molar-refractivity contribution is 7.98. The molecular formula is C16H15N5OS2. The molecular weight excluding hydrogens is 342 g/mol. The van der Waals surface area contributed by atoms with Crippen LogP contribution in [0.4, 0.5) is 0 Å². The Kier molecular flexibility index (Phi) is 3.65. The molecule has 0 saturated carbocycles. The lowest BCUT2D eigenvalue weighted by Gasteiger charge is -2.05. The van der Waals surface area contributed by atoms with Crippen LogP contribution in [0.3, 0.4) is 0 Å². The van der Waals surface area contributed by atoms with E-state index in [4.69, 9.17) is 0 Å². The van der Waals surface area contributed by atoms with E-state index in [-0.39, 0.29) is 5.56 Å². The Morgan fingerprint density at radius 3 is 2.92 bits per heavy atom. The van der Waals surface area contributed by atoms with Gasteiger partial charge in [0, 0.05) is 30.4 Å². The Bertz CT molecular complexity index is 1120. The van der Waals surface area contributed by atoms with E-state index >= 15 is 0 Å². The quantitative estimate of drug-likeness (QED) is 0.417. The lowest BCUT2D eigenvalue weighted by Crippen LogP contribution is -2.19. The Balaban J connectivity index is 1.67. The first kappa shape index (κ1) is 15.3. The molecule has 122 valence electrons. The molecule has 0 atom stereocenters. The Hall–Kier alpha value is -2.19. The monoisotopic (exact) mass is 357 g/mol. The smallest absolute Gasteiger partial charge is 0.262 e.